The molecule has 0 radical (unpaired) electrons. The van der Waals surface area contributed by atoms with Gasteiger partial charge in [0.05, 0.1) is 50.3 Å². The number of aromatic nitrogens is 11. The van der Waals surface area contributed by atoms with Crippen molar-refractivity contribution >= 4 is 109 Å². The second-order valence-corrected chi connectivity index (χ2v) is 39.8. The summed E-state index contributed by atoms with van der Waals surface area (Å²) in [5.41, 5.74) is 33.5. The predicted molar refractivity (Wildman–Crippen MR) is 540 cm³/mol. The normalized spacial score (nSPS) is 21.4. The summed E-state index contributed by atoms with van der Waals surface area (Å²) in [7, 11) is 0. The van der Waals surface area contributed by atoms with Crippen molar-refractivity contribution in [2.24, 2.45) is 47.3 Å². The molecule has 0 atom stereocenters. The van der Waals surface area contributed by atoms with Gasteiger partial charge in [-0.2, -0.15) is 15.0 Å². The molecule has 10 aliphatic carbocycles. The maximum Gasteiger partial charge on any atom is 0.238 e. The molecule has 0 unspecified atom stereocenters. The first-order chi connectivity index (χ1) is 65.8. The summed E-state index contributed by atoms with van der Waals surface area (Å²) < 4.78 is 11.8. The third-order valence-corrected chi connectivity index (χ3v) is 33.3. The van der Waals surface area contributed by atoms with Crippen LogP contribution in [0.2, 0.25) is 0 Å². The summed E-state index contributed by atoms with van der Waals surface area (Å²) in [6, 6.07) is 133. The first-order valence-corrected chi connectivity index (χ1v) is 48.0. The highest BCUT2D eigenvalue weighted by molar-refractivity contribution is 6.15. The van der Waals surface area contributed by atoms with Crippen LogP contribution in [0.15, 0.2) is 370 Å². The van der Waals surface area contributed by atoms with Crippen LogP contribution in [0.1, 0.15) is 86.5 Å². The number of fused-ring (bicyclic) bond motifs is 20. The van der Waals surface area contributed by atoms with Crippen LogP contribution in [0.3, 0.4) is 0 Å². The third-order valence-electron chi connectivity index (χ3n) is 33.3. The third kappa shape index (κ3) is 10.6. The van der Waals surface area contributed by atoms with Gasteiger partial charge in [-0.1, -0.05) is 243 Å². The van der Waals surface area contributed by atoms with Crippen molar-refractivity contribution < 1.29 is 0 Å². The molecule has 0 N–H and O–H groups in total. The molecule has 8 bridgehead atoms. The van der Waals surface area contributed by atoms with E-state index in [9.17, 15) is 0 Å². The fourth-order valence-electron chi connectivity index (χ4n) is 28.6. The Balaban J connectivity index is 0.000000128. The summed E-state index contributed by atoms with van der Waals surface area (Å²) in [5.74, 6) is 9.25. The highest BCUT2D eigenvalue weighted by atomic mass is 15.3. The number of nitrogens with zero attached hydrogens (tertiary/aromatic N) is 11. The lowest BCUT2D eigenvalue weighted by Crippen LogP contribution is -2.55. The minimum absolute atomic E-state index is 0.121. The first-order valence-electron chi connectivity index (χ1n) is 48.0. The number of imidazole rings is 1. The zero-order valence-corrected chi connectivity index (χ0v) is 73.3. The predicted octanol–water partition coefficient (Wildman–Crippen LogP) is 29.3. The summed E-state index contributed by atoms with van der Waals surface area (Å²) in [5, 5.41) is 12.1. The van der Waals surface area contributed by atoms with Crippen molar-refractivity contribution in [1.29, 1.82) is 0 Å². The molecule has 0 aliphatic heterocycles. The van der Waals surface area contributed by atoms with E-state index in [1.807, 2.05) is 30.5 Å². The van der Waals surface area contributed by atoms with Crippen molar-refractivity contribution in [2.75, 3.05) is 0 Å². The van der Waals surface area contributed by atoms with Gasteiger partial charge in [0.2, 0.25) is 11.9 Å². The molecular weight excluding hydrogens is 1620 g/mol. The average Bonchev–Trinajstić information content (AvgIpc) is 1.53. The van der Waals surface area contributed by atoms with Gasteiger partial charge in [0.15, 0.2) is 17.3 Å². The molecular formula is C122H89N11. The number of rotatable bonds is 9. The molecule has 7 aromatic heterocycles. The number of para-hydroxylation sites is 5. The number of hydrogen-bond acceptors (Lipinski definition) is 6. The maximum atomic E-state index is 5.26. The Hall–Kier alpha value is -15.5. The van der Waals surface area contributed by atoms with Crippen LogP contribution >= 0.6 is 0 Å². The molecule has 10 aliphatic rings. The van der Waals surface area contributed by atoms with Gasteiger partial charge >= 0.3 is 0 Å². The van der Waals surface area contributed by atoms with Gasteiger partial charge in [0, 0.05) is 82.1 Å². The molecule has 11 heteroatoms. The second-order valence-electron chi connectivity index (χ2n) is 39.8. The Bertz CT molecular complexity index is 8840. The largest absolute Gasteiger partial charge is 0.309 e. The molecule has 0 amide bonds. The van der Waals surface area contributed by atoms with Gasteiger partial charge in [-0.05, 0) is 304 Å². The average molecular weight is 1710 g/mol. The van der Waals surface area contributed by atoms with Gasteiger partial charge in [-0.3, -0.25) is 13.7 Å². The lowest BCUT2D eigenvalue weighted by molar-refractivity contribution is -0.0399. The molecule has 7 heterocycles. The lowest BCUT2D eigenvalue weighted by atomic mass is 9.43. The Morgan fingerprint density at radius 1 is 0.233 bits per heavy atom. The van der Waals surface area contributed by atoms with Gasteiger partial charge < -0.3 is 9.13 Å². The van der Waals surface area contributed by atoms with Gasteiger partial charge in [0.1, 0.15) is 11.8 Å². The summed E-state index contributed by atoms with van der Waals surface area (Å²) in [6.45, 7) is 0. The van der Waals surface area contributed by atoms with E-state index in [1.54, 1.807) is 28.6 Å². The molecule has 8 fully saturated rings. The molecule has 2 spiro atoms. The van der Waals surface area contributed by atoms with Crippen LogP contribution in [0, 0.1) is 47.3 Å². The Kier molecular flexibility index (Phi) is 15.7. The smallest absolute Gasteiger partial charge is 0.238 e. The van der Waals surface area contributed by atoms with Crippen LogP contribution in [0.5, 0.6) is 0 Å². The minimum atomic E-state index is 0.121. The Labute approximate surface area is 768 Å². The lowest BCUT2D eigenvalue weighted by Gasteiger charge is -2.61. The molecule has 0 saturated heterocycles. The summed E-state index contributed by atoms with van der Waals surface area (Å²) >= 11 is 0. The number of hydrogen-bond donors (Lipinski definition) is 0. The highest BCUT2D eigenvalue weighted by Gasteiger charge is 2.63. The van der Waals surface area contributed by atoms with Gasteiger partial charge in [0.25, 0.3) is 0 Å². The fraction of sp³-hybridized carbons (Fsp3) is 0.164. The van der Waals surface area contributed by atoms with E-state index in [0.29, 0.717) is 23.2 Å². The zero-order chi connectivity index (χ0) is 86.6. The molecule has 133 heavy (non-hydrogen) atoms. The van der Waals surface area contributed by atoms with E-state index < -0.39 is 0 Å². The SMILES string of the molecule is c1ccc(-c2nc(-c3ccc4ccccc4c3)nc(-n3c4ccccc4c4cc(-c5ccc6c(c5)c5ccccc5n6-c5ccc6c(c5)C5(c7ccccc7-6)C6CC7CC(C6)CC5C7)ccc43)n2)cc1.c1ccc(-n2c(-n3c4ccccc4c4cc(-c5ccc6c(c5)c5ccccc5n6-c5ccc6c(c5)C5(c7ccccc7-6)C6CC7CC(C6)CC5C7)ccc43)nc3ncncc32)cc1. The van der Waals surface area contributed by atoms with Crippen molar-refractivity contribution in [2.45, 2.75) is 75.0 Å². The van der Waals surface area contributed by atoms with Crippen molar-refractivity contribution in [3.8, 4) is 96.2 Å². The quantitative estimate of drug-likeness (QED) is 0.143. The van der Waals surface area contributed by atoms with Crippen molar-refractivity contribution in [1.82, 2.24) is 52.7 Å². The van der Waals surface area contributed by atoms with Gasteiger partial charge in [-0.25, -0.2) is 15.0 Å². The van der Waals surface area contributed by atoms with Crippen molar-refractivity contribution in [3.05, 3.63) is 393 Å². The molecule has 8 saturated carbocycles. The molecule has 33 rings (SSSR count). The fourth-order valence-corrected chi connectivity index (χ4v) is 28.6. The van der Waals surface area contributed by atoms with Crippen LogP contribution < -0.4 is 0 Å². The number of benzene rings is 16. The standard InChI is InChI=1S/C65H47N5.C57H42N6/c1-2-13-42(14-3-1)62-66-63(46-23-22-41-12-4-5-15-43(41)35-46)68-64(67-62)70-59-21-11-8-18-53(59)55-37-45(25-29-61(55)70)44-24-28-60-54(36-44)52-17-7-10-20-58(52)69(60)49-26-27-51-50-16-6-9-19-56(50)65(57(51)38-49)47-31-39-30-40(33-47)34-48(65)32-39;1-2-10-40(11-3-1)62-54-32-58-33-59-55(54)60-56(62)63-51-17-9-6-14-45(51)47-30-37(19-23-53(47)63)36-18-22-52-46(29-36)44-13-5-8-16-50(44)61(52)41-20-21-43-42-12-4-7-15-48(42)57(49(43)31-41)38-25-34-24-35(27-38)28-39(57)26-34/h1-29,35-40,47-48H,30-34H2;1-23,29-35,38-39H,24-28H2. The van der Waals surface area contributed by atoms with Gasteiger partial charge in [-0.15, -0.1) is 0 Å². The first kappa shape index (κ1) is 74.3. The minimum Gasteiger partial charge on any atom is -0.309 e. The van der Waals surface area contributed by atoms with E-state index >= 15 is 0 Å². The van der Waals surface area contributed by atoms with E-state index in [0.717, 1.165) is 114 Å². The van der Waals surface area contributed by atoms with Crippen LogP contribution in [0.4, 0.5) is 0 Å². The van der Waals surface area contributed by atoms with E-state index in [4.69, 9.17) is 19.9 Å². The van der Waals surface area contributed by atoms with Crippen LogP contribution in [-0.4, -0.2) is 52.7 Å². The van der Waals surface area contributed by atoms with Crippen molar-refractivity contribution in [3.63, 3.8) is 0 Å². The summed E-state index contributed by atoms with van der Waals surface area (Å²) in [4.78, 5) is 29.7. The molecule has 632 valence electrons. The van der Waals surface area contributed by atoms with E-state index in [-0.39, 0.29) is 10.8 Å². The maximum absolute atomic E-state index is 5.26. The Morgan fingerprint density at radius 3 is 1.11 bits per heavy atom. The Morgan fingerprint density at radius 2 is 0.617 bits per heavy atom. The molecule has 11 nitrogen and oxygen atoms in total. The summed E-state index contributed by atoms with van der Waals surface area (Å²) in [6.07, 6.45) is 17.4. The zero-order valence-electron chi connectivity index (χ0n) is 73.3. The topological polar surface area (TPSA) is 102 Å². The second kappa shape index (κ2) is 28.0. The monoisotopic (exact) mass is 1710 g/mol. The molecule has 16 aromatic carbocycles. The van der Waals surface area contributed by atoms with Crippen LogP contribution in [0.25, 0.3) is 205 Å². The highest BCUT2D eigenvalue weighted by Crippen LogP contribution is 2.72. The van der Waals surface area contributed by atoms with E-state index in [2.05, 4.69) is 366 Å². The molecule has 23 aromatic rings. The van der Waals surface area contributed by atoms with Crippen LogP contribution in [-0.2, 0) is 10.8 Å². The van der Waals surface area contributed by atoms with E-state index in [1.165, 1.54) is 180 Å².